The van der Waals surface area contributed by atoms with Crippen LogP contribution in [0.15, 0.2) is 53.4 Å². The van der Waals surface area contributed by atoms with Gasteiger partial charge in [-0.2, -0.15) is 4.72 Å². The van der Waals surface area contributed by atoms with Crippen molar-refractivity contribution >= 4 is 16.0 Å². The van der Waals surface area contributed by atoms with E-state index in [-0.39, 0.29) is 17.4 Å². The second-order valence-electron chi connectivity index (χ2n) is 6.10. The third-order valence-corrected chi connectivity index (χ3v) is 5.53. The number of rotatable bonds is 6. The minimum Gasteiger partial charge on any atom is -0.490 e. The average molecular weight is 361 g/mol. The van der Waals surface area contributed by atoms with Crippen LogP contribution >= 0.6 is 0 Å². The van der Waals surface area contributed by atoms with Crippen molar-refractivity contribution in [2.45, 2.75) is 36.8 Å². The number of aliphatic carboxylic acids is 1. The second kappa shape index (κ2) is 6.85. The Morgan fingerprint density at radius 1 is 1.28 bits per heavy atom. The Balaban J connectivity index is 1.81. The van der Waals surface area contributed by atoms with E-state index in [9.17, 15) is 18.3 Å². The minimum absolute atomic E-state index is 0.00534. The van der Waals surface area contributed by atoms with Gasteiger partial charge in [0.1, 0.15) is 17.9 Å². The number of hydrogen-bond acceptors (Lipinski definition) is 4. The Bertz CT molecular complexity index is 880. The van der Waals surface area contributed by atoms with Crippen LogP contribution in [0.3, 0.4) is 0 Å². The van der Waals surface area contributed by atoms with Gasteiger partial charge in [0.05, 0.1) is 4.90 Å². The molecule has 2 atom stereocenters. The molecule has 7 heteroatoms. The standard InChI is InChI=1S/C18H19NO5S/c1-12-9-14-11-15(7-8-17(14)24-12)25(22,23)19-16(18(20)21)10-13-5-3-2-4-6-13/h2-8,11-12,16,19H,9-10H2,1H3,(H,20,21)/t12?,16-/m0/s1. The first-order valence-corrected chi connectivity index (χ1v) is 9.42. The molecule has 1 heterocycles. The molecule has 1 aliphatic rings. The van der Waals surface area contributed by atoms with Gasteiger partial charge in [-0.15, -0.1) is 0 Å². The van der Waals surface area contributed by atoms with Gasteiger partial charge in [0.15, 0.2) is 0 Å². The zero-order valence-corrected chi connectivity index (χ0v) is 14.5. The number of fused-ring (bicyclic) bond motifs is 1. The lowest BCUT2D eigenvalue weighted by molar-refractivity contribution is -0.138. The van der Waals surface area contributed by atoms with Crippen LogP contribution < -0.4 is 9.46 Å². The van der Waals surface area contributed by atoms with Crippen molar-refractivity contribution in [1.82, 2.24) is 4.72 Å². The predicted octanol–water partition coefficient (Wildman–Crippen LogP) is 1.98. The summed E-state index contributed by atoms with van der Waals surface area (Å²) >= 11 is 0. The molecular weight excluding hydrogens is 342 g/mol. The van der Waals surface area contributed by atoms with E-state index in [0.29, 0.717) is 12.2 Å². The molecule has 0 saturated heterocycles. The molecule has 0 saturated carbocycles. The molecule has 1 aliphatic heterocycles. The molecule has 2 aromatic rings. The zero-order valence-electron chi connectivity index (χ0n) is 13.7. The summed E-state index contributed by atoms with van der Waals surface area (Å²) < 4.78 is 33.1. The van der Waals surface area contributed by atoms with Crippen molar-refractivity contribution in [3.8, 4) is 5.75 Å². The quantitative estimate of drug-likeness (QED) is 0.821. The third kappa shape index (κ3) is 4.00. The van der Waals surface area contributed by atoms with Crippen LogP contribution in [0.2, 0.25) is 0 Å². The molecule has 3 rings (SSSR count). The van der Waals surface area contributed by atoms with Crippen LogP contribution in [0.1, 0.15) is 18.1 Å². The van der Waals surface area contributed by atoms with E-state index in [1.54, 1.807) is 36.4 Å². The molecule has 0 fully saturated rings. The topological polar surface area (TPSA) is 92.7 Å². The molecule has 0 aliphatic carbocycles. The molecular formula is C18H19NO5S. The molecule has 25 heavy (non-hydrogen) atoms. The van der Waals surface area contributed by atoms with Gasteiger partial charge in [0.25, 0.3) is 0 Å². The monoisotopic (exact) mass is 361 g/mol. The fraction of sp³-hybridized carbons (Fsp3) is 0.278. The average Bonchev–Trinajstić information content (AvgIpc) is 2.94. The Kier molecular flexibility index (Phi) is 4.78. The summed E-state index contributed by atoms with van der Waals surface area (Å²) in [6.07, 6.45) is 0.705. The van der Waals surface area contributed by atoms with Crippen LogP contribution in [0.25, 0.3) is 0 Å². The molecule has 0 bridgehead atoms. The maximum Gasteiger partial charge on any atom is 0.322 e. The molecule has 6 nitrogen and oxygen atoms in total. The smallest absolute Gasteiger partial charge is 0.322 e. The predicted molar refractivity (Wildman–Crippen MR) is 92.1 cm³/mol. The summed E-state index contributed by atoms with van der Waals surface area (Å²) in [6, 6.07) is 12.3. The van der Waals surface area contributed by atoms with Gasteiger partial charge >= 0.3 is 5.97 Å². The number of benzene rings is 2. The van der Waals surface area contributed by atoms with Crippen molar-refractivity contribution in [2.24, 2.45) is 0 Å². The van der Waals surface area contributed by atoms with Gasteiger partial charge < -0.3 is 9.84 Å². The van der Waals surface area contributed by atoms with Crippen LogP contribution in [-0.2, 0) is 27.7 Å². The van der Waals surface area contributed by atoms with E-state index in [0.717, 1.165) is 11.1 Å². The Labute approximate surface area is 146 Å². The first-order chi connectivity index (χ1) is 11.8. The molecule has 0 amide bonds. The van der Waals surface area contributed by atoms with Crippen molar-refractivity contribution in [1.29, 1.82) is 0 Å². The number of hydrogen-bond donors (Lipinski definition) is 2. The number of carboxylic acids is 1. The van der Waals surface area contributed by atoms with Crippen molar-refractivity contribution < 1.29 is 23.1 Å². The number of ether oxygens (including phenoxy) is 1. The summed E-state index contributed by atoms with van der Waals surface area (Å²) in [5, 5.41) is 9.39. The first-order valence-electron chi connectivity index (χ1n) is 7.94. The van der Waals surface area contributed by atoms with Crippen LogP contribution in [0, 0.1) is 0 Å². The highest BCUT2D eigenvalue weighted by Crippen LogP contribution is 2.30. The molecule has 0 radical (unpaired) electrons. The SMILES string of the molecule is CC1Cc2cc(S(=O)(=O)N[C@@H](Cc3ccccc3)C(=O)O)ccc2O1. The summed E-state index contributed by atoms with van der Waals surface area (Å²) in [4.78, 5) is 11.5. The molecule has 2 aromatic carbocycles. The van der Waals surface area contributed by atoms with Gasteiger partial charge in [-0.1, -0.05) is 30.3 Å². The van der Waals surface area contributed by atoms with E-state index in [2.05, 4.69) is 4.72 Å². The molecule has 132 valence electrons. The second-order valence-corrected chi connectivity index (χ2v) is 7.82. The summed E-state index contributed by atoms with van der Waals surface area (Å²) in [6.45, 7) is 1.91. The maximum atomic E-state index is 12.6. The van der Waals surface area contributed by atoms with Crippen molar-refractivity contribution in [3.05, 3.63) is 59.7 Å². The Morgan fingerprint density at radius 2 is 2.00 bits per heavy atom. The fourth-order valence-corrected chi connectivity index (χ4v) is 4.09. The third-order valence-electron chi connectivity index (χ3n) is 4.06. The molecule has 1 unspecified atom stereocenters. The highest BCUT2D eigenvalue weighted by Gasteiger charge is 2.27. The van der Waals surface area contributed by atoms with Gasteiger partial charge in [-0.3, -0.25) is 4.79 Å². The Hall–Kier alpha value is -2.38. The summed E-state index contributed by atoms with van der Waals surface area (Å²) in [7, 11) is -3.95. The van der Waals surface area contributed by atoms with Gasteiger partial charge in [-0.05, 0) is 42.7 Å². The van der Waals surface area contributed by atoms with Gasteiger partial charge in [0, 0.05) is 6.42 Å². The number of carboxylic acid groups (broad SMARTS) is 1. The summed E-state index contributed by atoms with van der Waals surface area (Å²) in [5.74, 6) is -0.545. The lowest BCUT2D eigenvalue weighted by atomic mass is 10.1. The largest absolute Gasteiger partial charge is 0.490 e. The Morgan fingerprint density at radius 3 is 2.68 bits per heavy atom. The summed E-state index contributed by atoms with van der Waals surface area (Å²) in [5.41, 5.74) is 1.55. The van der Waals surface area contributed by atoms with Crippen LogP contribution in [0.5, 0.6) is 5.75 Å². The van der Waals surface area contributed by atoms with Crippen molar-refractivity contribution in [2.75, 3.05) is 0 Å². The van der Waals surface area contributed by atoms with Crippen LogP contribution in [-0.4, -0.2) is 31.6 Å². The molecule has 0 aromatic heterocycles. The van der Waals surface area contributed by atoms with Crippen molar-refractivity contribution in [3.63, 3.8) is 0 Å². The van der Waals surface area contributed by atoms with E-state index in [1.165, 1.54) is 6.07 Å². The number of sulfonamides is 1. The minimum atomic E-state index is -3.95. The van der Waals surface area contributed by atoms with E-state index < -0.39 is 22.0 Å². The van der Waals surface area contributed by atoms with Crippen LogP contribution in [0.4, 0.5) is 0 Å². The molecule has 0 spiro atoms. The fourth-order valence-electron chi connectivity index (χ4n) is 2.85. The normalized spacial score (nSPS) is 17.6. The maximum absolute atomic E-state index is 12.6. The highest BCUT2D eigenvalue weighted by atomic mass is 32.2. The highest BCUT2D eigenvalue weighted by molar-refractivity contribution is 7.89. The zero-order chi connectivity index (χ0) is 18.0. The number of nitrogens with one attached hydrogen (secondary N) is 1. The number of carbonyl (C=O) groups is 1. The van der Waals surface area contributed by atoms with Gasteiger partial charge in [-0.25, -0.2) is 8.42 Å². The lowest BCUT2D eigenvalue weighted by Crippen LogP contribution is -2.42. The van der Waals surface area contributed by atoms with E-state index >= 15 is 0 Å². The van der Waals surface area contributed by atoms with E-state index in [4.69, 9.17) is 4.74 Å². The van der Waals surface area contributed by atoms with E-state index in [1.807, 2.05) is 13.0 Å². The lowest BCUT2D eigenvalue weighted by Gasteiger charge is -2.15. The first kappa shape index (κ1) is 17.4. The molecule has 2 N–H and O–H groups in total. The van der Waals surface area contributed by atoms with Gasteiger partial charge in [0.2, 0.25) is 10.0 Å².